The number of rotatable bonds is 4. The number of carbonyl (C=O) groups is 2. The Kier molecular flexibility index (Phi) is 4.84. The number of nitrogens with zero attached hydrogens (tertiary/aromatic N) is 1. The number of benzene rings is 2. The van der Waals surface area contributed by atoms with Crippen molar-refractivity contribution in [1.82, 2.24) is 5.16 Å². The van der Waals surface area contributed by atoms with Gasteiger partial charge in [0.2, 0.25) is 0 Å². The second kappa shape index (κ2) is 7.23. The van der Waals surface area contributed by atoms with E-state index in [9.17, 15) is 9.59 Å². The van der Waals surface area contributed by atoms with Crippen molar-refractivity contribution in [2.24, 2.45) is 0 Å². The van der Waals surface area contributed by atoms with Crippen LogP contribution >= 0.6 is 0 Å². The Bertz CT molecular complexity index is 976. The van der Waals surface area contributed by atoms with Crippen molar-refractivity contribution in [3.8, 4) is 0 Å². The lowest BCUT2D eigenvalue weighted by molar-refractivity contribution is 0.102. The third kappa shape index (κ3) is 3.80. The van der Waals surface area contributed by atoms with E-state index in [1.165, 1.54) is 0 Å². The van der Waals surface area contributed by atoms with Gasteiger partial charge >= 0.3 is 0 Å². The predicted molar refractivity (Wildman–Crippen MR) is 99.5 cm³/mol. The van der Waals surface area contributed by atoms with Crippen LogP contribution in [-0.2, 0) is 0 Å². The van der Waals surface area contributed by atoms with Gasteiger partial charge in [0, 0.05) is 22.9 Å². The summed E-state index contributed by atoms with van der Waals surface area (Å²) in [7, 11) is 0. The van der Waals surface area contributed by atoms with Gasteiger partial charge in [0.15, 0.2) is 5.82 Å². The molecule has 0 unspecified atom stereocenters. The van der Waals surface area contributed by atoms with Gasteiger partial charge in [-0.05, 0) is 56.2 Å². The Hall–Kier alpha value is -3.41. The van der Waals surface area contributed by atoms with E-state index in [1.807, 2.05) is 32.0 Å². The number of anilines is 2. The van der Waals surface area contributed by atoms with Crippen LogP contribution in [0, 0.1) is 20.8 Å². The smallest absolute Gasteiger partial charge is 0.256 e. The number of carbonyl (C=O) groups excluding carboxylic acids is 2. The van der Waals surface area contributed by atoms with Crippen molar-refractivity contribution in [2.75, 3.05) is 10.6 Å². The minimum Gasteiger partial charge on any atom is -0.360 e. The summed E-state index contributed by atoms with van der Waals surface area (Å²) in [6.07, 6.45) is 0. The Morgan fingerprint density at radius 1 is 0.885 bits per heavy atom. The van der Waals surface area contributed by atoms with Crippen molar-refractivity contribution in [3.05, 3.63) is 76.5 Å². The van der Waals surface area contributed by atoms with E-state index >= 15 is 0 Å². The monoisotopic (exact) mass is 349 g/mol. The van der Waals surface area contributed by atoms with E-state index in [4.69, 9.17) is 4.52 Å². The van der Waals surface area contributed by atoms with Crippen LogP contribution in [0.3, 0.4) is 0 Å². The van der Waals surface area contributed by atoms with Crippen molar-refractivity contribution >= 4 is 23.3 Å². The van der Waals surface area contributed by atoms with Crippen LogP contribution in [0.1, 0.15) is 37.6 Å². The lowest BCUT2D eigenvalue weighted by Crippen LogP contribution is -2.16. The number of hydrogen-bond donors (Lipinski definition) is 2. The maximum absolute atomic E-state index is 12.5. The van der Waals surface area contributed by atoms with Gasteiger partial charge in [-0.15, -0.1) is 0 Å². The third-order valence-corrected chi connectivity index (χ3v) is 4.11. The molecule has 132 valence electrons. The van der Waals surface area contributed by atoms with Crippen LogP contribution in [0.5, 0.6) is 0 Å². The fourth-order valence-corrected chi connectivity index (χ4v) is 2.50. The molecule has 3 aromatic rings. The van der Waals surface area contributed by atoms with Crippen molar-refractivity contribution in [1.29, 1.82) is 0 Å². The SMILES string of the molecule is Cc1cc(NC(=O)c2cccc(C(=O)Nc3cccc(C)c3C)c2)no1. The molecule has 0 saturated carbocycles. The molecule has 0 fully saturated rings. The first-order chi connectivity index (χ1) is 12.4. The molecule has 2 aromatic carbocycles. The van der Waals surface area contributed by atoms with Gasteiger partial charge in [-0.25, -0.2) is 0 Å². The Morgan fingerprint density at radius 3 is 2.19 bits per heavy atom. The van der Waals surface area contributed by atoms with Gasteiger partial charge in [0.05, 0.1) is 0 Å². The highest BCUT2D eigenvalue weighted by molar-refractivity contribution is 6.08. The summed E-state index contributed by atoms with van der Waals surface area (Å²) >= 11 is 0. The first-order valence-electron chi connectivity index (χ1n) is 8.16. The first kappa shape index (κ1) is 17.4. The number of aromatic nitrogens is 1. The molecule has 2 N–H and O–H groups in total. The van der Waals surface area contributed by atoms with E-state index < -0.39 is 0 Å². The Balaban J connectivity index is 1.76. The topological polar surface area (TPSA) is 84.2 Å². The molecule has 0 radical (unpaired) electrons. The lowest BCUT2D eigenvalue weighted by atomic mass is 10.1. The number of amides is 2. The summed E-state index contributed by atoms with van der Waals surface area (Å²) in [4.78, 5) is 24.9. The van der Waals surface area contributed by atoms with E-state index in [1.54, 1.807) is 37.3 Å². The summed E-state index contributed by atoms with van der Waals surface area (Å²) in [6.45, 7) is 5.68. The summed E-state index contributed by atoms with van der Waals surface area (Å²) in [6, 6.07) is 13.9. The molecule has 0 aliphatic rings. The van der Waals surface area contributed by atoms with Crippen molar-refractivity contribution < 1.29 is 14.1 Å². The molecule has 1 heterocycles. The van der Waals surface area contributed by atoms with E-state index in [0.717, 1.165) is 16.8 Å². The molecule has 0 atom stereocenters. The van der Waals surface area contributed by atoms with Gasteiger partial charge < -0.3 is 15.2 Å². The molecular weight excluding hydrogens is 330 g/mol. The second-order valence-corrected chi connectivity index (χ2v) is 6.06. The largest absolute Gasteiger partial charge is 0.360 e. The Morgan fingerprint density at radius 2 is 1.54 bits per heavy atom. The lowest BCUT2D eigenvalue weighted by Gasteiger charge is -2.11. The van der Waals surface area contributed by atoms with Crippen molar-refractivity contribution in [3.63, 3.8) is 0 Å². The summed E-state index contributed by atoms with van der Waals surface area (Å²) < 4.78 is 4.92. The molecule has 1 aromatic heterocycles. The van der Waals surface area contributed by atoms with Gasteiger partial charge in [-0.2, -0.15) is 0 Å². The molecule has 0 saturated heterocycles. The molecule has 6 nitrogen and oxygen atoms in total. The first-order valence-corrected chi connectivity index (χ1v) is 8.16. The number of hydrogen-bond acceptors (Lipinski definition) is 4. The molecule has 0 aliphatic carbocycles. The van der Waals surface area contributed by atoms with Gasteiger partial charge in [0.25, 0.3) is 11.8 Å². The number of aryl methyl sites for hydroxylation is 2. The zero-order valence-electron chi connectivity index (χ0n) is 14.8. The third-order valence-electron chi connectivity index (χ3n) is 4.11. The molecule has 0 bridgehead atoms. The highest BCUT2D eigenvalue weighted by Crippen LogP contribution is 2.19. The minimum absolute atomic E-state index is 0.273. The normalized spacial score (nSPS) is 10.4. The second-order valence-electron chi connectivity index (χ2n) is 6.06. The van der Waals surface area contributed by atoms with E-state index in [0.29, 0.717) is 22.7 Å². The standard InChI is InChI=1S/C20H19N3O3/c1-12-6-4-9-17(14(12)3)21-19(24)15-7-5-8-16(11-15)20(25)22-18-10-13(2)26-23-18/h4-11H,1-3H3,(H,21,24)(H,22,23,25). The highest BCUT2D eigenvalue weighted by atomic mass is 16.5. The molecule has 0 aliphatic heterocycles. The fraction of sp³-hybridized carbons (Fsp3) is 0.150. The Labute approximate surface area is 151 Å². The van der Waals surface area contributed by atoms with E-state index in [2.05, 4.69) is 15.8 Å². The summed E-state index contributed by atoms with van der Waals surface area (Å²) in [5.74, 6) is 0.296. The zero-order valence-corrected chi connectivity index (χ0v) is 14.8. The maximum Gasteiger partial charge on any atom is 0.256 e. The quantitative estimate of drug-likeness (QED) is 0.742. The number of nitrogens with one attached hydrogen (secondary N) is 2. The van der Waals surface area contributed by atoms with Crippen LogP contribution in [0.15, 0.2) is 53.1 Å². The average Bonchev–Trinajstić information content (AvgIpc) is 3.03. The zero-order chi connectivity index (χ0) is 18.7. The van der Waals surface area contributed by atoms with Gasteiger partial charge in [0.1, 0.15) is 5.76 Å². The molecule has 3 rings (SSSR count). The van der Waals surface area contributed by atoms with Crippen LogP contribution in [-0.4, -0.2) is 17.0 Å². The van der Waals surface area contributed by atoms with Gasteiger partial charge in [-0.3, -0.25) is 9.59 Å². The molecule has 6 heteroatoms. The van der Waals surface area contributed by atoms with Crippen LogP contribution < -0.4 is 10.6 Å². The van der Waals surface area contributed by atoms with Crippen LogP contribution in [0.2, 0.25) is 0 Å². The minimum atomic E-state index is -0.361. The highest BCUT2D eigenvalue weighted by Gasteiger charge is 2.13. The molecule has 2 amide bonds. The predicted octanol–water partition coefficient (Wildman–Crippen LogP) is 4.10. The summed E-state index contributed by atoms with van der Waals surface area (Å²) in [5, 5.41) is 9.25. The summed E-state index contributed by atoms with van der Waals surface area (Å²) in [5.41, 5.74) is 3.62. The van der Waals surface area contributed by atoms with Crippen LogP contribution in [0.4, 0.5) is 11.5 Å². The van der Waals surface area contributed by atoms with E-state index in [-0.39, 0.29) is 11.8 Å². The van der Waals surface area contributed by atoms with Gasteiger partial charge in [-0.1, -0.05) is 23.4 Å². The van der Waals surface area contributed by atoms with Crippen molar-refractivity contribution in [2.45, 2.75) is 20.8 Å². The molecule has 0 spiro atoms. The molecule has 26 heavy (non-hydrogen) atoms. The maximum atomic E-state index is 12.5. The average molecular weight is 349 g/mol. The fourth-order valence-electron chi connectivity index (χ4n) is 2.50. The molecular formula is C20H19N3O3. The van der Waals surface area contributed by atoms with Crippen LogP contribution in [0.25, 0.3) is 0 Å².